The summed E-state index contributed by atoms with van der Waals surface area (Å²) in [7, 11) is 1.95. The molecule has 0 saturated carbocycles. The van der Waals surface area contributed by atoms with E-state index in [4.69, 9.17) is 9.47 Å². The van der Waals surface area contributed by atoms with Crippen LogP contribution in [-0.2, 0) is 11.3 Å². The second-order valence-corrected chi connectivity index (χ2v) is 7.01. The molecule has 1 heterocycles. The van der Waals surface area contributed by atoms with Crippen LogP contribution in [0.25, 0.3) is 0 Å². The molecule has 3 nitrogen and oxygen atoms in total. The summed E-state index contributed by atoms with van der Waals surface area (Å²) in [5.41, 5.74) is 2.33. The van der Waals surface area contributed by atoms with Crippen LogP contribution in [0.15, 0.2) is 16.6 Å². The maximum absolute atomic E-state index is 6.07. The van der Waals surface area contributed by atoms with E-state index in [0.29, 0.717) is 6.61 Å². The summed E-state index contributed by atoms with van der Waals surface area (Å²) >= 11 is 3.54. The van der Waals surface area contributed by atoms with Gasteiger partial charge >= 0.3 is 0 Å². The summed E-state index contributed by atoms with van der Waals surface area (Å²) in [4.78, 5) is 0. The fourth-order valence-corrected chi connectivity index (χ4v) is 3.32. The van der Waals surface area contributed by atoms with Crippen LogP contribution in [-0.4, -0.2) is 25.4 Å². The molecule has 1 unspecified atom stereocenters. The smallest absolute Gasteiger partial charge is 0.126 e. The zero-order valence-electron chi connectivity index (χ0n) is 12.8. The Morgan fingerprint density at radius 2 is 2.20 bits per heavy atom. The van der Waals surface area contributed by atoms with Crippen molar-refractivity contribution in [2.45, 2.75) is 51.9 Å². The van der Waals surface area contributed by atoms with Crippen LogP contribution in [0.5, 0.6) is 5.75 Å². The molecule has 1 N–H and O–H groups in total. The normalized spacial score (nSPS) is 21.1. The molecule has 1 aromatic rings. The predicted octanol–water partition coefficient (Wildman–Crippen LogP) is 3.81. The number of ether oxygens (including phenoxy) is 2. The second-order valence-electron chi connectivity index (χ2n) is 6.09. The van der Waals surface area contributed by atoms with Crippen LogP contribution >= 0.6 is 15.9 Å². The Morgan fingerprint density at radius 3 is 2.80 bits per heavy atom. The van der Waals surface area contributed by atoms with E-state index in [0.717, 1.165) is 35.2 Å². The summed E-state index contributed by atoms with van der Waals surface area (Å²) in [5, 5.41) is 3.19. The van der Waals surface area contributed by atoms with Crippen LogP contribution in [0.4, 0.5) is 0 Å². The maximum Gasteiger partial charge on any atom is 0.126 e. The molecule has 0 radical (unpaired) electrons. The standard InChI is InChI=1S/C16H24BrNO2/c1-11-7-13(17)8-12(9-18-4)15(11)19-10-14-5-6-16(2,3)20-14/h7-8,14,18H,5-6,9-10H2,1-4H3. The maximum atomic E-state index is 6.07. The average molecular weight is 342 g/mol. The lowest BCUT2D eigenvalue weighted by molar-refractivity contribution is -0.0328. The summed E-state index contributed by atoms with van der Waals surface area (Å²) in [6, 6.07) is 4.20. The molecule has 1 atom stereocenters. The first kappa shape index (κ1) is 15.8. The van der Waals surface area contributed by atoms with E-state index in [1.54, 1.807) is 0 Å². The lowest BCUT2D eigenvalue weighted by Crippen LogP contribution is -2.24. The molecule has 0 bridgehead atoms. The fraction of sp³-hybridized carbons (Fsp3) is 0.625. The highest BCUT2D eigenvalue weighted by molar-refractivity contribution is 9.10. The number of rotatable bonds is 5. The Kier molecular flexibility index (Phi) is 5.10. The van der Waals surface area contributed by atoms with Gasteiger partial charge in [0.1, 0.15) is 12.4 Å². The first-order valence-corrected chi connectivity index (χ1v) is 7.95. The van der Waals surface area contributed by atoms with E-state index < -0.39 is 0 Å². The molecule has 1 fully saturated rings. The van der Waals surface area contributed by atoms with Crippen LogP contribution in [0.3, 0.4) is 0 Å². The number of hydrogen-bond acceptors (Lipinski definition) is 3. The van der Waals surface area contributed by atoms with E-state index in [1.165, 1.54) is 5.56 Å². The molecule has 1 saturated heterocycles. The summed E-state index contributed by atoms with van der Waals surface area (Å²) in [5.74, 6) is 0.982. The molecule has 1 aromatic carbocycles. The summed E-state index contributed by atoms with van der Waals surface area (Å²) in [6.07, 6.45) is 2.38. The summed E-state index contributed by atoms with van der Waals surface area (Å²) < 4.78 is 13.1. The largest absolute Gasteiger partial charge is 0.490 e. The van der Waals surface area contributed by atoms with Crippen molar-refractivity contribution < 1.29 is 9.47 Å². The van der Waals surface area contributed by atoms with Gasteiger partial charge in [-0.25, -0.2) is 0 Å². The second kappa shape index (κ2) is 6.46. The van der Waals surface area contributed by atoms with Gasteiger partial charge in [0.2, 0.25) is 0 Å². The lowest BCUT2D eigenvalue weighted by Gasteiger charge is -2.21. The average Bonchev–Trinajstić information content (AvgIpc) is 2.68. The number of nitrogens with one attached hydrogen (secondary N) is 1. The summed E-state index contributed by atoms with van der Waals surface area (Å²) in [6.45, 7) is 7.79. The van der Waals surface area contributed by atoms with Gasteiger partial charge in [-0.05, 0) is 58.4 Å². The van der Waals surface area contributed by atoms with E-state index in [-0.39, 0.29) is 11.7 Å². The highest BCUT2D eigenvalue weighted by Gasteiger charge is 2.32. The third kappa shape index (κ3) is 3.96. The van der Waals surface area contributed by atoms with E-state index in [1.807, 2.05) is 7.05 Å². The minimum absolute atomic E-state index is 0.00338. The van der Waals surface area contributed by atoms with Gasteiger partial charge in [-0.15, -0.1) is 0 Å². The molecule has 4 heteroatoms. The molecule has 0 aliphatic carbocycles. The van der Waals surface area contributed by atoms with Gasteiger partial charge in [-0.1, -0.05) is 15.9 Å². The first-order valence-electron chi connectivity index (χ1n) is 7.15. The van der Waals surface area contributed by atoms with Gasteiger partial charge in [-0.3, -0.25) is 0 Å². The van der Waals surface area contributed by atoms with E-state index in [9.17, 15) is 0 Å². The van der Waals surface area contributed by atoms with Crippen LogP contribution < -0.4 is 10.1 Å². The number of aryl methyl sites for hydroxylation is 1. The van der Waals surface area contributed by atoms with Gasteiger partial charge in [0.25, 0.3) is 0 Å². The van der Waals surface area contributed by atoms with Gasteiger partial charge < -0.3 is 14.8 Å². The quantitative estimate of drug-likeness (QED) is 0.883. The van der Waals surface area contributed by atoms with Crippen molar-refractivity contribution in [3.05, 3.63) is 27.7 Å². The van der Waals surface area contributed by atoms with Crippen molar-refractivity contribution in [2.75, 3.05) is 13.7 Å². The van der Waals surface area contributed by atoms with Gasteiger partial charge in [0, 0.05) is 16.6 Å². The lowest BCUT2D eigenvalue weighted by atomic mass is 10.1. The number of benzene rings is 1. The van der Waals surface area contributed by atoms with Crippen molar-refractivity contribution in [2.24, 2.45) is 0 Å². The molecule has 0 amide bonds. The Balaban J connectivity index is 2.05. The van der Waals surface area contributed by atoms with Crippen LogP contribution in [0.2, 0.25) is 0 Å². The molecular weight excluding hydrogens is 318 g/mol. The SMILES string of the molecule is CNCc1cc(Br)cc(C)c1OCC1CCC(C)(C)O1. The minimum atomic E-state index is -0.00338. The molecule has 0 aromatic heterocycles. The molecule has 20 heavy (non-hydrogen) atoms. The van der Waals surface area contributed by atoms with Crippen LogP contribution in [0.1, 0.15) is 37.8 Å². The van der Waals surface area contributed by atoms with Crippen molar-refractivity contribution in [1.82, 2.24) is 5.32 Å². The highest BCUT2D eigenvalue weighted by Crippen LogP contribution is 2.32. The van der Waals surface area contributed by atoms with Gasteiger partial charge in [0.05, 0.1) is 11.7 Å². The molecule has 2 rings (SSSR count). The molecular formula is C16H24BrNO2. The topological polar surface area (TPSA) is 30.5 Å². The molecule has 112 valence electrons. The Labute approximate surface area is 130 Å². The minimum Gasteiger partial charge on any atom is -0.490 e. The monoisotopic (exact) mass is 341 g/mol. The van der Waals surface area contributed by atoms with E-state index >= 15 is 0 Å². The van der Waals surface area contributed by atoms with Crippen LogP contribution in [0, 0.1) is 6.92 Å². The third-order valence-corrected chi connectivity index (χ3v) is 4.11. The number of hydrogen-bond donors (Lipinski definition) is 1. The Hall–Kier alpha value is -0.580. The van der Waals surface area contributed by atoms with Crippen molar-refractivity contribution in [3.63, 3.8) is 0 Å². The molecule has 1 aliphatic heterocycles. The first-order chi connectivity index (χ1) is 9.41. The van der Waals surface area contributed by atoms with Gasteiger partial charge in [-0.2, -0.15) is 0 Å². The third-order valence-electron chi connectivity index (χ3n) is 3.65. The predicted molar refractivity (Wildman–Crippen MR) is 85.3 cm³/mol. The zero-order valence-corrected chi connectivity index (χ0v) is 14.3. The Morgan fingerprint density at radius 1 is 1.45 bits per heavy atom. The molecule has 1 aliphatic rings. The van der Waals surface area contributed by atoms with Crippen molar-refractivity contribution in [3.8, 4) is 5.75 Å². The molecule has 0 spiro atoms. The fourth-order valence-electron chi connectivity index (χ4n) is 2.70. The van der Waals surface area contributed by atoms with Crippen molar-refractivity contribution in [1.29, 1.82) is 0 Å². The Bertz CT molecular complexity index is 474. The zero-order chi connectivity index (χ0) is 14.8. The highest BCUT2D eigenvalue weighted by atomic mass is 79.9. The number of halogens is 1. The van der Waals surface area contributed by atoms with E-state index in [2.05, 4.69) is 54.2 Å². The van der Waals surface area contributed by atoms with Crippen molar-refractivity contribution >= 4 is 15.9 Å². The van der Waals surface area contributed by atoms with Gasteiger partial charge in [0.15, 0.2) is 0 Å².